The Labute approximate surface area is 112 Å². The number of rotatable bonds is 5. The van der Waals surface area contributed by atoms with Crippen molar-refractivity contribution < 1.29 is 9.50 Å². The highest BCUT2D eigenvalue weighted by Gasteiger charge is 2.04. The second-order valence-electron chi connectivity index (χ2n) is 4.73. The van der Waals surface area contributed by atoms with Crippen LogP contribution in [0.15, 0.2) is 48.5 Å². The van der Waals surface area contributed by atoms with Crippen LogP contribution >= 0.6 is 0 Å². The van der Waals surface area contributed by atoms with Gasteiger partial charge in [0.1, 0.15) is 5.82 Å². The lowest BCUT2D eigenvalue weighted by molar-refractivity contribution is 0.282. The highest BCUT2D eigenvalue weighted by atomic mass is 19.1. The fourth-order valence-corrected chi connectivity index (χ4v) is 2.07. The van der Waals surface area contributed by atoms with Gasteiger partial charge in [-0.25, -0.2) is 4.39 Å². The van der Waals surface area contributed by atoms with Gasteiger partial charge in [0.15, 0.2) is 0 Å². The molecule has 1 unspecified atom stereocenters. The molecule has 0 aliphatic rings. The van der Waals surface area contributed by atoms with E-state index in [1.807, 2.05) is 24.3 Å². The molecule has 2 N–H and O–H groups in total. The van der Waals surface area contributed by atoms with Crippen LogP contribution in [0.5, 0.6) is 0 Å². The van der Waals surface area contributed by atoms with Crippen LogP contribution in [-0.2, 0) is 13.0 Å². The highest BCUT2D eigenvalue weighted by molar-refractivity contribution is 5.46. The van der Waals surface area contributed by atoms with Crippen molar-refractivity contribution in [3.63, 3.8) is 0 Å². The molecule has 0 aromatic heterocycles. The van der Waals surface area contributed by atoms with Crippen LogP contribution < -0.4 is 5.32 Å². The van der Waals surface area contributed by atoms with E-state index >= 15 is 0 Å². The Balaban J connectivity index is 1.96. The summed E-state index contributed by atoms with van der Waals surface area (Å²) in [6.07, 6.45) is 0.823. The zero-order valence-electron chi connectivity index (χ0n) is 10.9. The number of aliphatic hydroxyl groups is 1. The number of hydrogen-bond acceptors (Lipinski definition) is 2. The normalized spacial score (nSPS) is 12.2. The van der Waals surface area contributed by atoms with Gasteiger partial charge >= 0.3 is 0 Å². The molecule has 0 saturated carbocycles. The lowest BCUT2D eigenvalue weighted by Gasteiger charge is -2.16. The van der Waals surface area contributed by atoms with Crippen molar-refractivity contribution in [2.45, 2.75) is 26.0 Å². The molecule has 0 heterocycles. The Morgan fingerprint density at radius 2 is 1.84 bits per heavy atom. The second kappa shape index (κ2) is 6.34. The first kappa shape index (κ1) is 13.6. The molecule has 2 nitrogen and oxygen atoms in total. The van der Waals surface area contributed by atoms with E-state index in [0.29, 0.717) is 0 Å². The van der Waals surface area contributed by atoms with Gasteiger partial charge < -0.3 is 10.4 Å². The van der Waals surface area contributed by atoms with Gasteiger partial charge in [0.05, 0.1) is 6.61 Å². The predicted molar refractivity (Wildman–Crippen MR) is 75.6 cm³/mol. The van der Waals surface area contributed by atoms with Crippen LogP contribution in [-0.4, -0.2) is 11.1 Å². The molecule has 19 heavy (non-hydrogen) atoms. The van der Waals surface area contributed by atoms with E-state index in [0.717, 1.165) is 23.2 Å². The Hall–Kier alpha value is -1.87. The fourth-order valence-electron chi connectivity index (χ4n) is 2.07. The lowest BCUT2D eigenvalue weighted by atomic mass is 10.1. The van der Waals surface area contributed by atoms with Crippen molar-refractivity contribution in [2.75, 3.05) is 5.32 Å². The third-order valence-corrected chi connectivity index (χ3v) is 2.98. The Kier molecular flexibility index (Phi) is 4.53. The van der Waals surface area contributed by atoms with Crippen LogP contribution in [0.4, 0.5) is 10.1 Å². The highest BCUT2D eigenvalue weighted by Crippen LogP contribution is 2.14. The van der Waals surface area contributed by atoms with Gasteiger partial charge in [-0.05, 0) is 48.7 Å². The maximum atomic E-state index is 12.8. The third kappa shape index (κ3) is 4.07. The molecule has 0 fully saturated rings. The zero-order valence-corrected chi connectivity index (χ0v) is 10.9. The smallest absolute Gasteiger partial charge is 0.123 e. The van der Waals surface area contributed by atoms with E-state index in [4.69, 9.17) is 5.11 Å². The van der Waals surface area contributed by atoms with Gasteiger partial charge in [0, 0.05) is 11.7 Å². The monoisotopic (exact) mass is 259 g/mol. The van der Waals surface area contributed by atoms with E-state index in [1.165, 1.54) is 12.1 Å². The van der Waals surface area contributed by atoms with Gasteiger partial charge in [-0.3, -0.25) is 0 Å². The number of benzene rings is 2. The summed E-state index contributed by atoms with van der Waals surface area (Å²) in [6, 6.07) is 14.5. The first-order valence-electron chi connectivity index (χ1n) is 6.38. The van der Waals surface area contributed by atoms with Gasteiger partial charge in [0.2, 0.25) is 0 Å². The zero-order chi connectivity index (χ0) is 13.7. The molecule has 0 aliphatic carbocycles. The molecule has 0 saturated heterocycles. The lowest BCUT2D eigenvalue weighted by Crippen LogP contribution is -2.18. The standard InChI is InChI=1S/C16H18FNO/c1-12(9-13-5-7-15(17)8-6-13)18-16-4-2-3-14(10-16)11-19/h2-8,10,12,18-19H,9,11H2,1H3. The average Bonchev–Trinajstić information content (AvgIpc) is 2.41. The van der Waals surface area contributed by atoms with Crippen molar-refractivity contribution in [2.24, 2.45) is 0 Å². The van der Waals surface area contributed by atoms with Crippen molar-refractivity contribution in [1.29, 1.82) is 0 Å². The van der Waals surface area contributed by atoms with Crippen LogP contribution in [0.2, 0.25) is 0 Å². The molecular weight excluding hydrogens is 241 g/mol. The summed E-state index contributed by atoms with van der Waals surface area (Å²) in [5, 5.41) is 12.5. The SMILES string of the molecule is CC(Cc1ccc(F)cc1)Nc1cccc(CO)c1. The average molecular weight is 259 g/mol. The molecule has 3 heteroatoms. The van der Waals surface area contributed by atoms with Crippen molar-refractivity contribution in [3.8, 4) is 0 Å². The molecular formula is C16H18FNO. The molecule has 0 amide bonds. The van der Waals surface area contributed by atoms with Gasteiger partial charge in [0.25, 0.3) is 0 Å². The molecule has 0 radical (unpaired) electrons. The molecule has 0 aliphatic heterocycles. The quantitative estimate of drug-likeness (QED) is 0.863. The van der Waals surface area contributed by atoms with E-state index in [2.05, 4.69) is 12.2 Å². The summed E-state index contributed by atoms with van der Waals surface area (Å²) in [6.45, 7) is 2.12. The largest absolute Gasteiger partial charge is 0.392 e. The topological polar surface area (TPSA) is 32.3 Å². The number of hydrogen-bond donors (Lipinski definition) is 2. The first-order valence-corrected chi connectivity index (χ1v) is 6.38. The van der Waals surface area contributed by atoms with Crippen LogP contribution in [0.25, 0.3) is 0 Å². The molecule has 2 aromatic rings. The van der Waals surface area contributed by atoms with Gasteiger partial charge in [-0.15, -0.1) is 0 Å². The van der Waals surface area contributed by atoms with Gasteiger partial charge in [-0.2, -0.15) is 0 Å². The van der Waals surface area contributed by atoms with E-state index in [-0.39, 0.29) is 18.5 Å². The molecule has 0 bridgehead atoms. The number of nitrogens with one attached hydrogen (secondary N) is 1. The maximum absolute atomic E-state index is 12.8. The summed E-state index contributed by atoms with van der Waals surface area (Å²) in [4.78, 5) is 0. The van der Waals surface area contributed by atoms with Crippen LogP contribution in [0.3, 0.4) is 0 Å². The Morgan fingerprint density at radius 3 is 2.53 bits per heavy atom. The number of aliphatic hydroxyl groups excluding tert-OH is 1. The summed E-state index contributed by atoms with van der Waals surface area (Å²) < 4.78 is 12.8. The minimum atomic E-state index is -0.208. The molecule has 2 aromatic carbocycles. The van der Waals surface area contributed by atoms with Crippen molar-refractivity contribution >= 4 is 5.69 Å². The molecule has 100 valence electrons. The van der Waals surface area contributed by atoms with E-state index in [9.17, 15) is 4.39 Å². The van der Waals surface area contributed by atoms with E-state index < -0.39 is 0 Å². The predicted octanol–water partition coefficient (Wildman–Crippen LogP) is 3.36. The summed E-state index contributed by atoms with van der Waals surface area (Å²) in [5.41, 5.74) is 2.97. The molecule has 1 atom stereocenters. The van der Waals surface area contributed by atoms with Crippen molar-refractivity contribution in [1.82, 2.24) is 0 Å². The second-order valence-corrected chi connectivity index (χ2v) is 4.73. The van der Waals surface area contributed by atoms with Crippen LogP contribution in [0, 0.1) is 5.82 Å². The Morgan fingerprint density at radius 1 is 1.11 bits per heavy atom. The first-order chi connectivity index (χ1) is 9.17. The molecule has 2 rings (SSSR count). The third-order valence-electron chi connectivity index (χ3n) is 2.98. The Bertz CT molecular complexity index is 525. The number of halogens is 1. The van der Waals surface area contributed by atoms with E-state index in [1.54, 1.807) is 12.1 Å². The van der Waals surface area contributed by atoms with Crippen molar-refractivity contribution in [3.05, 3.63) is 65.5 Å². The minimum Gasteiger partial charge on any atom is -0.392 e. The summed E-state index contributed by atoms with van der Waals surface area (Å²) in [5.74, 6) is -0.208. The fraction of sp³-hybridized carbons (Fsp3) is 0.250. The van der Waals surface area contributed by atoms with Gasteiger partial charge in [-0.1, -0.05) is 24.3 Å². The number of anilines is 1. The summed E-state index contributed by atoms with van der Waals surface area (Å²) in [7, 11) is 0. The molecule has 0 spiro atoms. The van der Waals surface area contributed by atoms with Crippen LogP contribution in [0.1, 0.15) is 18.1 Å². The summed E-state index contributed by atoms with van der Waals surface area (Å²) >= 11 is 0. The minimum absolute atomic E-state index is 0.0435. The maximum Gasteiger partial charge on any atom is 0.123 e.